The van der Waals surface area contributed by atoms with Crippen LogP contribution in [0.15, 0.2) is 18.2 Å². The van der Waals surface area contributed by atoms with Crippen molar-refractivity contribution in [3.8, 4) is 0 Å². The lowest BCUT2D eigenvalue weighted by Gasteiger charge is -2.26. The molecule has 0 unspecified atom stereocenters. The molecule has 14 heavy (non-hydrogen) atoms. The van der Waals surface area contributed by atoms with E-state index in [0.717, 1.165) is 16.7 Å². The summed E-state index contributed by atoms with van der Waals surface area (Å²) in [7, 11) is 0. The van der Waals surface area contributed by atoms with Gasteiger partial charge in [-0.3, -0.25) is 0 Å². The van der Waals surface area contributed by atoms with E-state index in [-0.39, 0.29) is 13.2 Å². The van der Waals surface area contributed by atoms with Crippen LogP contribution in [0.1, 0.15) is 23.6 Å². The molecule has 0 aliphatic carbocycles. The van der Waals surface area contributed by atoms with Gasteiger partial charge in [-0.2, -0.15) is 0 Å². The van der Waals surface area contributed by atoms with Gasteiger partial charge in [-0.25, -0.2) is 0 Å². The van der Waals surface area contributed by atoms with Crippen LogP contribution in [0.25, 0.3) is 0 Å². The predicted octanol–water partition coefficient (Wildman–Crippen LogP) is 1.55. The summed E-state index contributed by atoms with van der Waals surface area (Å²) in [6.07, 6.45) is 0. The molecule has 78 valence electrons. The van der Waals surface area contributed by atoms with Gasteiger partial charge < -0.3 is 10.2 Å². The molecule has 0 aromatic heterocycles. The van der Waals surface area contributed by atoms with Gasteiger partial charge in [0.2, 0.25) is 0 Å². The van der Waals surface area contributed by atoms with Crippen LogP contribution in [-0.2, 0) is 5.41 Å². The van der Waals surface area contributed by atoms with Gasteiger partial charge in [0.1, 0.15) is 0 Å². The fourth-order valence-corrected chi connectivity index (χ4v) is 1.56. The molecular formula is C12H18O2. The molecule has 0 fully saturated rings. The molecule has 1 rings (SSSR count). The number of aryl methyl sites for hydroxylation is 2. The molecule has 0 radical (unpaired) electrons. The van der Waals surface area contributed by atoms with Gasteiger partial charge in [-0.05, 0) is 19.4 Å². The van der Waals surface area contributed by atoms with E-state index in [1.807, 2.05) is 32.9 Å². The molecule has 2 N–H and O–H groups in total. The van der Waals surface area contributed by atoms with Gasteiger partial charge >= 0.3 is 0 Å². The predicted molar refractivity (Wildman–Crippen MR) is 57.4 cm³/mol. The quantitative estimate of drug-likeness (QED) is 0.766. The van der Waals surface area contributed by atoms with Gasteiger partial charge in [0, 0.05) is 5.41 Å². The van der Waals surface area contributed by atoms with Crippen LogP contribution in [0.4, 0.5) is 0 Å². The Hall–Kier alpha value is -0.860. The van der Waals surface area contributed by atoms with E-state index in [4.69, 9.17) is 0 Å². The van der Waals surface area contributed by atoms with Gasteiger partial charge in [-0.15, -0.1) is 0 Å². The zero-order valence-corrected chi connectivity index (χ0v) is 9.04. The summed E-state index contributed by atoms with van der Waals surface area (Å²) in [5, 5.41) is 18.5. The highest BCUT2D eigenvalue weighted by Gasteiger charge is 2.25. The Bertz CT molecular complexity index is 294. The molecule has 0 spiro atoms. The van der Waals surface area contributed by atoms with Crippen molar-refractivity contribution < 1.29 is 10.2 Å². The Morgan fingerprint density at radius 3 is 1.79 bits per heavy atom. The second-order valence-electron chi connectivity index (χ2n) is 4.25. The van der Waals surface area contributed by atoms with Gasteiger partial charge in [-0.1, -0.05) is 36.2 Å². The minimum atomic E-state index is -0.531. The van der Waals surface area contributed by atoms with Crippen LogP contribution in [0, 0.1) is 13.8 Å². The standard InChI is InChI=1S/C12H18O2/c1-9-4-10(2)6-11(5-9)12(3,7-13)8-14/h4-6,13-14H,7-8H2,1-3H3. The van der Waals surface area contributed by atoms with Crippen LogP contribution in [-0.4, -0.2) is 23.4 Å². The largest absolute Gasteiger partial charge is 0.395 e. The second kappa shape index (κ2) is 4.11. The first-order valence-corrected chi connectivity index (χ1v) is 4.82. The Morgan fingerprint density at radius 1 is 1.00 bits per heavy atom. The minimum absolute atomic E-state index is 0.0353. The van der Waals surface area contributed by atoms with E-state index in [2.05, 4.69) is 6.07 Å². The Balaban J connectivity index is 3.17. The molecule has 2 nitrogen and oxygen atoms in total. The molecule has 0 amide bonds. The van der Waals surface area contributed by atoms with Crippen LogP contribution < -0.4 is 0 Å². The lowest BCUT2D eigenvalue weighted by molar-refractivity contribution is 0.129. The van der Waals surface area contributed by atoms with Crippen LogP contribution in [0.3, 0.4) is 0 Å². The smallest absolute Gasteiger partial charge is 0.0547 e. The van der Waals surface area contributed by atoms with Crippen LogP contribution in [0.5, 0.6) is 0 Å². The molecule has 0 aliphatic rings. The number of aliphatic hydroxyl groups is 2. The molecule has 1 aromatic rings. The van der Waals surface area contributed by atoms with Crippen LogP contribution >= 0.6 is 0 Å². The summed E-state index contributed by atoms with van der Waals surface area (Å²) in [5.74, 6) is 0. The number of rotatable bonds is 3. The second-order valence-corrected chi connectivity index (χ2v) is 4.25. The van der Waals surface area contributed by atoms with Gasteiger partial charge in [0.15, 0.2) is 0 Å². The van der Waals surface area contributed by atoms with E-state index < -0.39 is 5.41 Å². The number of hydrogen-bond donors (Lipinski definition) is 2. The Labute approximate surface area is 85.2 Å². The third-order valence-corrected chi connectivity index (χ3v) is 2.62. The van der Waals surface area contributed by atoms with E-state index in [0.29, 0.717) is 0 Å². The molecule has 0 bridgehead atoms. The van der Waals surface area contributed by atoms with Crippen molar-refractivity contribution in [1.82, 2.24) is 0 Å². The fraction of sp³-hybridized carbons (Fsp3) is 0.500. The molecule has 0 saturated carbocycles. The zero-order valence-electron chi connectivity index (χ0n) is 9.04. The molecule has 0 aliphatic heterocycles. The zero-order chi connectivity index (χ0) is 10.8. The van der Waals surface area contributed by atoms with Crippen molar-refractivity contribution in [3.63, 3.8) is 0 Å². The number of hydrogen-bond acceptors (Lipinski definition) is 2. The van der Waals surface area contributed by atoms with Crippen molar-refractivity contribution in [2.24, 2.45) is 0 Å². The SMILES string of the molecule is Cc1cc(C)cc(C(C)(CO)CO)c1. The molecule has 2 heteroatoms. The maximum Gasteiger partial charge on any atom is 0.0547 e. The Kier molecular flexibility index (Phi) is 3.29. The summed E-state index contributed by atoms with van der Waals surface area (Å²) in [6.45, 7) is 5.83. The number of benzene rings is 1. The van der Waals surface area contributed by atoms with Crippen LogP contribution in [0.2, 0.25) is 0 Å². The molecular weight excluding hydrogens is 176 g/mol. The maximum atomic E-state index is 9.26. The average Bonchev–Trinajstić information content (AvgIpc) is 2.15. The van der Waals surface area contributed by atoms with Crippen molar-refractivity contribution >= 4 is 0 Å². The van der Waals surface area contributed by atoms with Gasteiger partial charge in [0.05, 0.1) is 13.2 Å². The maximum absolute atomic E-state index is 9.26. The van der Waals surface area contributed by atoms with E-state index in [1.165, 1.54) is 0 Å². The molecule has 0 atom stereocenters. The molecule has 1 aromatic carbocycles. The summed E-state index contributed by atoms with van der Waals surface area (Å²) >= 11 is 0. The highest BCUT2D eigenvalue weighted by atomic mass is 16.3. The van der Waals surface area contributed by atoms with E-state index in [1.54, 1.807) is 0 Å². The molecule has 0 saturated heterocycles. The lowest BCUT2D eigenvalue weighted by Crippen LogP contribution is -2.31. The summed E-state index contributed by atoms with van der Waals surface area (Å²) in [6, 6.07) is 6.11. The topological polar surface area (TPSA) is 40.5 Å². The monoisotopic (exact) mass is 194 g/mol. The van der Waals surface area contributed by atoms with Crippen molar-refractivity contribution in [2.75, 3.05) is 13.2 Å². The highest BCUT2D eigenvalue weighted by molar-refractivity contribution is 5.33. The molecule has 0 heterocycles. The highest BCUT2D eigenvalue weighted by Crippen LogP contribution is 2.24. The first-order valence-electron chi connectivity index (χ1n) is 4.82. The number of aliphatic hydroxyl groups excluding tert-OH is 2. The van der Waals surface area contributed by atoms with E-state index >= 15 is 0 Å². The third kappa shape index (κ3) is 2.14. The summed E-state index contributed by atoms with van der Waals surface area (Å²) < 4.78 is 0. The minimum Gasteiger partial charge on any atom is -0.395 e. The summed E-state index contributed by atoms with van der Waals surface area (Å²) in [5.41, 5.74) is 2.79. The first kappa shape index (κ1) is 11.2. The van der Waals surface area contributed by atoms with Crippen molar-refractivity contribution in [2.45, 2.75) is 26.2 Å². The first-order chi connectivity index (χ1) is 6.51. The Morgan fingerprint density at radius 2 is 1.43 bits per heavy atom. The fourth-order valence-electron chi connectivity index (χ4n) is 1.56. The van der Waals surface area contributed by atoms with E-state index in [9.17, 15) is 10.2 Å². The third-order valence-electron chi connectivity index (χ3n) is 2.62. The summed E-state index contributed by atoms with van der Waals surface area (Å²) in [4.78, 5) is 0. The lowest BCUT2D eigenvalue weighted by atomic mass is 9.83. The average molecular weight is 194 g/mol. The van der Waals surface area contributed by atoms with Crippen molar-refractivity contribution in [1.29, 1.82) is 0 Å². The normalized spacial score (nSPS) is 11.8. The van der Waals surface area contributed by atoms with Crippen molar-refractivity contribution in [3.05, 3.63) is 34.9 Å². The van der Waals surface area contributed by atoms with Gasteiger partial charge in [0.25, 0.3) is 0 Å².